The van der Waals surface area contributed by atoms with Gasteiger partial charge in [0.1, 0.15) is 17.9 Å². The number of fused-ring (bicyclic) bond motifs is 4. The molecule has 2 fully saturated rings. The summed E-state index contributed by atoms with van der Waals surface area (Å²) >= 11 is 0. The zero-order chi connectivity index (χ0) is 38.6. The fraction of sp³-hybridized carbons (Fsp3) is 0.395. The van der Waals surface area contributed by atoms with Gasteiger partial charge in [0, 0.05) is 86.3 Å². The number of benzene rings is 2. The number of ether oxygens (including phenoxy) is 3. The molecular formula is C43H46N6O7. The highest BCUT2D eigenvalue weighted by Gasteiger charge is 2.44. The van der Waals surface area contributed by atoms with E-state index >= 15 is 0 Å². The van der Waals surface area contributed by atoms with Gasteiger partial charge in [-0.1, -0.05) is 12.1 Å². The summed E-state index contributed by atoms with van der Waals surface area (Å²) in [5, 5.41) is 4.57. The lowest BCUT2D eigenvalue weighted by atomic mass is 10.0. The molecule has 6 heterocycles. The van der Waals surface area contributed by atoms with Crippen LogP contribution in [0.1, 0.15) is 72.1 Å². The lowest BCUT2D eigenvalue weighted by Crippen LogP contribution is -2.54. The van der Waals surface area contributed by atoms with Gasteiger partial charge in [0.05, 0.1) is 23.3 Å². The molecule has 3 aliphatic rings. The van der Waals surface area contributed by atoms with Gasteiger partial charge in [-0.05, 0) is 93.5 Å². The van der Waals surface area contributed by atoms with Crippen molar-refractivity contribution in [3.8, 4) is 22.8 Å². The Morgan fingerprint density at radius 3 is 2.36 bits per heavy atom. The molecule has 0 aliphatic carbocycles. The third-order valence-electron chi connectivity index (χ3n) is 11.1. The van der Waals surface area contributed by atoms with Gasteiger partial charge in [-0.3, -0.25) is 34.4 Å². The number of hydrogen-bond acceptors (Lipinski definition) is 10. The third-order valence-corrected chi connectivity index (χ3v) is 11.1. The first-order valence-corrected chi connectivity index (χ1v) is 19.6. The highest BCUT2D eigenvalue weighted by atomic mass is 16.5. The molecule has 290 valence electrons. The maximum atomic E-state index is 13.1. The molecule has 5 aromatic rings. The average molecular weight is 759 g/mol. The normalized spacial score (nSPS) is 17.9. The monoisotopic (exact) mass is 758 g/mol. The number of imide groups is 2. The second kappa shape index (κ2) is 16.6. The predicted molar refractivity (Wildman–Crippen MR) is 209 cm³/mol. The maximum absolute atomic E-state index is 13.1. The van der Waals surface area contributed by atoms with Gasteiger partial charge in [-0.15, -0.1) is 0 Å². The number of carbonyl (C=O) groups is 4. The average Bonchev–Trinajstić information content (AvgIpc) is 3.64. The molecule has 2 saturated heterocycles. The SMILES string of the molecule is Cn1c2ccncc2c2ccc(-c3ccc(OCCCCOCCCCN4CCC(Oc5ccc6c(c5)C(=O)N(C5CCC(=O)NC5=O)C6=O)CC4)nc3)cc21. The standard InChI is InChI=1S/C43H46N6O7/c1-47-36-14-17-44-27-35(36)32-9-6-28(24-38(32)47)29-7-13-40(45-26-29)55-23-5-4-22-54-21-3-2-18-48-19-15-30(16-20-48)56-31-8-10-33-34(25-31)43(53)49(42(33)52)37-11-12-39(50)46-41(37)51/h6-10,13-14,17,24-27,30,37H,2-5,11-12,15-16,18-23H2,1H3,(H,46,50,51). The number of amides is 4. The highest BCUT2D eigenvalue weighted by molar-refractivity contribution is 6.23. The number of unbranched alkanes of at least 4 members (excludes halogenated alkanes) is 2. The van der Waals surface area contributed by atoms with Crippen molar-refractivity contribution < 1.29 is 33.4 Å². The van der Waals surface area contributed by atoms with Crippen molar-refractivity contribution in [3.05, 3.63) is 84.3 Å². The van der Waals surface area contributed by atoms with E-state index in [1.165, 1.54) is 10.9 Å². The number of piperidine rings is 2. The van der Waals surface area contributed by atoms with Gasteiger partial charge in [0.25, 0.3) is 11.8 Å². The quantitative estimate of drug-likeness (QED) is 0.104. The summed E-state index contributed by atoms with van der Waals surface area (Å²) in [4.78, 5) is 62.3. The van der Waals surface area contributed by atoms with Crippen LogP contribution >= 0.6 is 0 Å². The molecule has 4 amide bonds. The zero-order valence-corrected chi connectivity index (χ0v) is 31.6. The lowest BCUT2D eigenvalue weighted by molar-refractivity contribution is -0.136. The van der Waals surface area contributed by atoms with Crippen LogP contribution in [0.15, 0.2) is 73.2 Å². The summed E-state index contributed by atoms with van der Waals surface area (Å²) in [5.41, 5.74) is 4.97. The molecule has 0 saturated carbocycles. The van der Waals surface area contributed by atoms with E-state index in [1.54, 1.807) is 18.2 Å². The van der Waals surface area contributed by atoms with Crippen LogP contribution in [0.3, 0.4) is 0 Å². The van der Waals surface area contributed by atoms with Gasteiger partial charge in [-0.2, -0.15) is 0 Å². The molecule has 1 unspecified atom stereocenters. The summed E-state index contributed by atoms with van der Waals surface area (Å²) in [6, 6.07) is 16.4. The Morgan fingerprint density at radius 2 is 1.55 bits per heavy atom. The van der Waals surface area contributed by atoms with Crippen molar-refractivity contribution in [1.82, 2.24) is 29.7 Å². The van der Waals surface area contributed by atoms with E-state index in [-0.39, 0.29) is 30.1 Å². The number of aromatic nitrogens is 3. The third kappa shape index (κ3) is 7.87. The van der Waals surface area contributed by atoms with E-state index in [0.717, 1.165) is 91.7 Å². The molecule has 3 aromatic heterocycles. The fourth-order valence-corrected chi connectivity index (χ4v) is 7.96. The van der Waals surface area contributed by atoms with E-state index in [9.17, 15) is 19.2 Å². The van der Waals surface area contributed by atoms with E-state index in [1.807, 2.05) is 30.7 Å². The number of nitrogens with zero attached hydrogens (tertiary/aromatic N) is 5. The van der Waals surface area contributed by atoms with Crippen molar-refractivity contribution in [2.75, 3.05) is 39.5 Å². The van der Waals surface area contributed by atoms with Gasteiger partial charge in [0.15, 0.2) is 0 Å². The van der Waals surface area contributed by atoms with Crippen LogP contribution in [0.25, 0.3) is 32.9 Å². The van der Waals surface area contributed by atoms with Crippen LogP contribution < -0.4 is 14.8 Å². The molecule has 0 bridgehead atoms. The van der Waals surface area contributed by atoms with Crippen LogP contribution in [0, 0.1) is 0 Å². The first kappa shape index (κ1) is 37.3. The van der Waals surface area contributed by atoms with E-state index in [2.05, 4.69) is 56.1 Å². The number of nitrogens with one attached hydrogen (secondary N) is 1. The molecule has 8 rings (SSSR count). The molecular weight excluding hydrogens is 713 g/mol. The van der Waals surface area contributed by atoms with Crippen molar-refractivity contribution >= 4 is 45.4 Å². The minimum absolute atomic E-state index is 0.0142. The van der Waals surface area contributed by atoms with Crippen LogP contribution in [0.5, 0.6) is 11.6 Å². The van der Waals surface area contributed by atoms with Gasteiger partial charge < -0.3 is 23.7 Å². The van der Waals surface area contributed by atoms with Crippen LogP contribution in [0.2, 0.25) is 0 Å². The van der Waals surface area contributed by atoms with E-state index in [0.29, 0.717) is 24.8 Å². The van der Waals surface area contributed by atoms with Crippen molar-refractivity contribution in [2.45, 2.75) is 63.5 Å². The minimum atomic E-state index is -0.983. The molecule has 13 heteroatoms. The Hall–Kier alpha value is -5.66. The number of hydrogen-bond donors (Lipinski definition) is 1. The first-order chi connectivity index (χ1) is 27.3. The van der Waals surface area contributed by atoms with Crippen LogP contribution in [0.4, 0.5) is 0 Å². The molecule has 2 aromatic carbocycles. The summed E-state index contributed by atoms with van der Waals surface area (Å²) in [5.74, 6) is -0.903. The Labute approximate surface area is 324 Å². The number of pyridine rings is 2. The van der Waals surface area contributed by atoms with Crippen LogP contribution in [-0.2, 0) is 21.4 Å². The summed E-state index contributed by atoms with van der Waals surface area (Å²) in [7, 11) is 2.08. The zero-order valence-electron chi connectivity index (χ0n) is 31.6. The van der Waals surface area contributed by atoms with Crippen molar-refractivity contribution in [2.24, 2.45) is 7.05 Å². The number of aryl methyl sites for hydroxylation is 1. The van der Waals surface area contributed by atoms with Crippen LogP contribution in [-0.4, -0.2) is 99.6 Å². The number of rotatable bonds is 15. The topological polar surface area (TPSA) is 145 Å². The molecule has 56 heavy (non-hydrogen) atoms. The van der Waals surface area contributed by atoms with E-state index in [4.69, 9.17) is 14.2 Å². The maximum Gasteiger partial charge on any atom is 0.262 e. The fourth-order valence-electron chi connectivity index (χ4n) is 7.96. The molecule has 3 aliphatic heterocycles. The molecule has 0 radical (unpaired) electrons. The Balaban J connectivity index is 0.679. The number of carbonyl (C=O) groups excluding carboxylic acids is 4. The lowest BCUT2D eigenvalue weighted by Gasteiger charge is -2.32. The molecule has 1 atom stereocenters. The number of likely N-dealkylation sites (tertiary alicyclic amines) is 1. The minimum Gasteiger partial charge on any atom is -0.490 e. The second-order valence-corrected chi connectivity index (χ2v) is 14.8. The Bertz CT molecular complexity index is 2260. The van der Waals surface area contributed by atoms with Crippen molar-refractivity contribution in [3.63, 3.8) is 0 Å². The molecule has 1 N–H and O–H groups in total. The van der Waals surface area contributed by atoms with E-state index < -0.39 is 29.7 Å². The summed E-state index contributed by atoms with van der Waals surface area (Å²) in [6.45, 7) is 4.91. The smallest absolute Gasteiger partial charge is 0.262 e. The predicted octanol–water partition coefficient (Wildman–Crippen LogP) is 5.69. The largest absolute Gasteiger partial charge is 0.490 e. The highest BCUT2D eigenvalue weighted by Crippen LogP contribution is 2.33. The molecule has 13 nitrogen and oxygen atoms in total. The summed E-state index contributed by atoms with van der Waals surface area (Å²) in [6.07, 6.45) is 11.5. The second-order valence-electron chi connectivity index (χ2n) is 14.8. The van der Waals surface area contributed by atoms with Gasteiger partial charge in [0.2, 0.25) is 17.7 Å². The summed E-state index contributed by atoms with van der Waals surface area (Å²) < 4.78 is 20.2. The van der Waals surface area contributed by atoms with Gasteiger partial charge in [-0.25, -0.2) is 4.98 Å². The van der Waals surface area contributed by atoms with Crippen molar-refractivity contribution in [1.29, 1.82) is 0 Å². The Kier molecular flexibility index (Phi) is 11.0. The molecule has 0 spiro atoms. The first-order valence-electron chi connectivity index (χ1n) is 19.6. The van der Waals surface area contributed by atoms with Gasteiger partial charge >= 0.3 is 0 Å². The Morgan fingerprint density at radius 1 is 0.768 bits per heavy atom.